The molecular formula is C18H30N2O4. The van der Waals surface area contributed by atoms with Crippen molar-refractivity contribution in [2.75, 3.05) is 20.2 Å². The Balaban J connectivity index is 1.55. The Hall–Kier alpha value is -1.59. The Bertz CT molecular complexity index is 438. The van der Waals surface area contributed by atoms with Gasteiger partial charge in [0.25, 0.3) is 0 Å². The first-order valence-electron chi connectivity index (χ1n) is 9.22. The van der Waals surface area contributed by atoms with Gasteiger partial charge in [-0.25, -0.2) is 0 Å². The van der Waals surface area contributed by atoms with Crippen LogP contribution in [0.2, 0.25) is 0 Å². The smallest absolute Gasteiger partial charge is 0.308 e. The Morgan fingerprint density at radius 3 is 2.08 bits per heavy atom. The summed E-state index contributed by atoms with van der Waals surface area (Å²) in [5.74, 6) is 0.413. The first-order valence-corrected chi connectivity index (χ1v) is 9.22. The third-order valence-corrected chi connectivity index (χ3v) is 5.33. The van der Waals surface area contributed by atoms with E-state index in [1.807, 2.05) is 0 Å². The second-order valence-corrected chi connectivity index (χ2v) is 7.07. The van der Waals surface area contributed by atoms with Gasteiger partial charge in [0, 0.05) is 25.4 Å². The molecule has 0 atom stereocenters. The SMILES string of the molecule is COC(=O)C1CCC(C(=O)NCCNC(=O)CC2CCCC2)CC1. The van der Waals surface area contributed by atoms with Crippen LogP contribution < -0.4 is 10.6 Å². The maximum Gasteiger partial charge on any atom is 0.308 e. The highest BCUT2D eigenvalue weighted by Gasteiger charge is 2.30. The molecule has 2 rings (SSSR count). The summed E-state index contributed by atoms with van der Waals surface area (Å²) in [6, 6.07) is 0. The normalized spacial score (nSPS) is 24.4. The predicted octanol–water partition coefficient (Wildman–Crippen LogP) is 1.78. The highest BCUT2D eigenvalue weighted by atomic mass is 16.5. The minimum Gasteiger partial charge on any atom is -0.469 e. The van der Waals surface area contributed by atoms with E-state index < -0.39 is 0 Å². The maximum atomic E-state index is 12.1. The van der Waals surface area contributed by atoms with E-state index in [0.29, 0.717) is 38.3 Å². The molecule has 0 spiro atoms. The Labute approximate surface area is 144 Å². The lowest BCUT2D eigenvalue weighted by molar-refractivity contribution is -0.147. The van der Waals surface area contributed by atoms with Gasteiger partial charge in [0.1, 0.15) is 0 Å². The molecule has 2 fully saturated rings. The van der Waals surface area contributed by atoms with Gasteiger partial charge in [-0.15, -0.1) is 0 Å². The topological polar surface area (TPSA) is 84.5 Å². The Morgan fingerprint density at radius 1 is 0.875 bits per heavy atom. The summed E-state index contributed by atoms with van der Waals surface area (Å²) in [6.07, 6.45) is 8.30. The molecule has 0 bridgehead atoms. The first kappa shape index (κ1) is 18.7. The monoisotopic (exact) mass is 338 g/mol. The van der Waals surface area contributed by atoms with Gasteiger partial charge in [0.2, 0.25) is 11.8 Å². The zero-order chi connectivity index (χ0) is 17.4. The van der Waals surface area contributed by atoms with Crippen molar-refractivity contribution in [2.45, 2.75) is 57.8 Å². The minimum atomic E-state index is -0.168. The van der Waals surface area contributed by atoms with Crippen molar-refractivity contribution < 1.29 is 19.1 Å². The molecule has 0 heterocycles. The van der Waals surface area contributed by atoms with Crippen molar-refractivity contribution in [1.82, 2.24) is 10.6 Å². The van der Waals surface area contributed by atoms with E-state index in [1.54, 1.807) is 0 Å². The van der Waals surface area contributed by atoms with E-state index >= 15 is 0 Å². The van der Waals surface area contributed by atoms with Crippen molar-refractivity contribution in [2.24, 2.45) is 17.8 Å². The number of carbonyl (C=O) groups excluding carboxylic acids is 3. The van der Waals surface area contributed by atoms with Crippen LogP contribution in [0, 0.1) is 17.8 Å². The predicted molar refractivity (Wildman–Crippen MR) is 90.1 cm³/mol. The highest BCUT2D eigenvalue weighted by Crippen LogP contribution is 2.29. The van der Waals surface area contributed by atoms with Crippen LogP contribution >= 0.6 is 0 Å². The van der Waals surface area contributed by atoms with Gasteiger partial charge in [-0.1, -0.05) is 12.8 Å². The zero-order valence-electron chi connectivity index (χ0n) is 14.6. The quantitative estimate of drug-likeness (QED) is 0.547. The fourth-order valence-electron chi connectivity index (χ4n) is 3.84. The van der Waals surface area contributed by atoms with Crippen LogP contribution in [-0.4, -0.2) is 38.0 Å². The molecular weight excluding hydrogens is 308 g/mol. The van der Waals surface area contributed by atoms with Gasteiger partial charge in [-0.2, -0.15) is 0 Å². The van der Waals surface area contributed by atoms with Crippen LogP contribution in [0.15, 0.2) is 0 Å². The first-order chi connectivity index (χ1) is 11.6. The molecule has 2 N–H and O–H groups in total. The van der Waals surface area contributed by atoms with Crippen LogP contribution in [0.4, 0.5) is 0 Å². The van der Waals surface area contributed by atoms with Crippen molar-refractivity contribution >= 4 is 17.8 Å². The van der Waals surface area contributed by atoms with Gasteiger partial charge in [0.05, 0.1) is 13.0 Å². The number of ether oxygens (including phenoxy) is 1. The number of rotatable bonds is 7. The molecule has 0 aromatic rings. The van der Waals surface area contributed by atoms with E-state index in [2.05, 4.69) is 10.6 Å². The zero-order valence-corrected chi connectivity index (χ0v) is 14.6. The molecule has 0 saturated heterocycles. The minimum absolute atomic E-state index is 0.0277. The lowest BCUT2D eigenvalue weighted by Gasteiger charge is -2.26. The number of amides is 2. The molecule has 24 heavy (non-hydrogen) atoms. The molecule has 0 unspecified atom stereocenters. The van der Waals surface area contributed by atoms with Crippen LogP contribution in [0.1, 0.15) is 57.8 Å². The van der Waals surface area contributed by atoms with Crippen molar-refractivity contribution in [1.29, 1.82) is 0 Å². The van der Waals surface area contributed by atoms with Crippen molar-refractivity contribution in [3.8, 4) is 0 Å². The average molecular weight is 338 g/mol. The summed E-state index contributed by atoms with van der Waals surface area (Å²) < 4.78 is 4.75. The molecule has 136 valence electrons. The summed E-state index contributed by atoms with van der Waals surface area (Å²) in [6.45, 7) is 0.945. The molecule has 0 radical (unpaired) electrons. The van der Waals surface area contributed by atoms with E-state index in [9.17, 15) is 14.4 Å². The van der Waals surface area contributed by atoms with Crippen LogP contribution in [0.5, 0.6) is 0 Å². The standard InChI is InChI=1S/C18H30N2O4/c1-24-18(23)15-8-6-14(7-9-15)17(22)20-11-10-19-16(21)12-13-4-2-3-5-13/h13-15H,2-12H2,1H3,(H,19,21)(H,20,22). The van der Waals surface area contributed by atoms with Crippen molar-refractivity contribution in [3.05, 3.63) is 0 Å². The number of hydrogen-bond donors (Lipinski definition) is 2. The molecule has 0 aliphatic heterocycles. The van der Waals surface area contributed by atoms with Gasteiger partial charge < -0.3 is 15.4 Å². The summed E-state index contributed by atoms with van der Waals surface area (Å²) >= 11 is 0. The highest BCUT2D eigenvalue weighted by molar-refractivity contribution is 5.79. The molecule has 2 saturated carbocycles. The van der Waals surface area contributed by atoms with Gasteiger partial charge in [0.15, 0.2) is 0 Å². The van der Waals surface area contributed by atoms with Crippen LogP contribution in [-0.2, 0) is 19.1 Å². The fourth-order valence-corrected chi connectivity index (χ4v) is 3.84. The van der Waals surface area contributed by atoms with Crippen LogP contribution in [0.25, 0.3) is 0 Å². The summed E-state index contributed by atoms with van der Waals surface area (Å²) in [5, 5.41) is 5.77. The fraction of sp³-hybridized carbons (Fsp3) is 0.833. The van der Waals surface area contributed by atoms with E-state index in [4.69, 9.17) is 4.74 Å². The van der Waals surface area contributed by atoms with E-state index in [-0.39, 0.29) is 29.6 Å². The third-order valence-electron chi connectivity index (χ3n) is 5.33. The number of methoxy groups -OCH3 is 1. The van der Waals surface area contributed by atoms with Crippen molar-refractivity contribution in [3.63, 3.8) is 0 Å². The number of nitrogens with one attached hydrogen (secondary N) is 2. The molecule has 2 amide bonds. The van der Waals surface area contributed by atoms with E-state index in [1.165, 1.54) is 32.8 Å². The Morgan fingerprint density at radius 2 is 1.46 bits per heavy atom. The molecule has 2 aliphatic rings. The molecule has 0 aromatic carbocycles. The summed E-state index contributed by atoms with van der Waals surface area (Å²) in [7, 11) is 1.40. The van der Waals surface area contributed by atoms with Crippen LogP contribution in [0.3, 0.4) is 0 Å². The number of esters is 1. The number of carbonyl (C=O) groups is 3. The lowest BCUT2D eigenvalue weighted by atomic mass is 9.81. The van der Waals surface area contributed by atoms with Gasteiger partial charge in [-0.3, -0.25) is 14.4 Å². The second kappa shape index (κ2) is 9.64. The maximum absolute atomic E-state index is 12.1. The molecule has 2 aliphatic carbocycles. The molecule has 6 nitrogen and oxygen atoms in total. The Kier molecular flexibility index (Phi) is 7.53. The van der Waals surface area contributed by atoms with E-state index in [0.717, 1.165) is 12.8 Å². The summed E-state index contributed by atoms with van der Waals surface area (Å²) in [4.78, 5) is 35.4. The lowest BCUT2D eigenvalue weighted by Crippen LogP contribution is -2.39. The summed E-state index contributed by atoms with van der Waals surface area (Å²) in [5.41, 5.74) is 0. The van der Waals surface area contributed by atoms with Gasteiger partial charge in [-0.05, 0) is 44.4 Å². The number of hydrogen-bond acceptors (Lipinski definition) is 4. The second-order valence-electron chi connectivity index (χ2n) is 7.07. The molecule has 6 heteroatoms. The third kappa shape index (κ3) is 5.80. The molecule has 0 aromatic heterocycles. The van der Waals surface area contributed by atoms with Gasteiger partial charge >= 0.3 is 5.97 Å². The largest absolute Gasteiger partial charge is 0.469 e. The average Bonchev–Trinajstić information content (AvgIpc) is 3.10.